The van der Waals surface area contributed by atoms with Gasteiger partial charge in [0.25, 0.3) is 0 Å². The summed E-state index contributed by atoms with van der Waals surface area (Å²) in [6.45, 7) is 1.94. The fourth-order valence-electron chi connectivity index (χ4n) is 1.28. The van der Waals surface area contributed by atoms with E-state index in [9.17, 15) is 0 Å². The Morgan fingerprint density at radius 2 is 1.94 bits per heavy atom. The smallest absolute Gasteiger partial charge is 0.147 e. The van der Waals surface area contributed by atoms with Crippen molar-refractivity contribution < 1.29 is 0 Å². The van der Waals surface area contributed by atoms with Crippen LogP contribution in [0.3, 0.4) is 0 Å². The van der Waals surface area contributed by atoms with Crippen molar-refractivity contribution in [1.29, 1.82) is 0 Å². The number of hydrazine groups is 1. The molecular weight excluding hydrogens is 220 g/mol. The van der Waals surface area contributed by atoms with Crippen molar-refractivity contribution in [3.8, 4) is 0 Å². The van der Waals surface area contributed by atoms with Crippen LogP contribution in [-0.2, 0) is 0 Å². The molecule has 82 valence electrons. The van der Waals surface area contributed by atoms with Crippen LogP contribution in [0.15, 0.2) is 46.6 Å². The normalized spacial score (nSPS) is 10.1. The average Bonchev–Trinajstić information content (AvgIpc) is 2.33. The number of hydrogen-bond acceptors (Lipinski definition) is 5. The molecule has 1 aromatic heterocycles. The molecule has 0 amide bonds. The Balaban J connectivity index is 2.28. The number of benzene rings is 1. The Morgan fingerprint density at radius 3 is 2.62 bits per heavy atom. The van der Waals surface area contributed by atoms with Gasteiger partial charge in [0.2, 0.25) is 0 Å². The molecular formula is C11H12N4S. The van der Waals surface area contributed by atoms with Crippen LogP contribution in [0, 0.1) is 6.92 Å². The Morgan fingerprint density at radius 1 is 1.19 bits per heavy atom. The number of rotatable bonds is 3. The van der Waals surface area contributed by atoms with Gasteiger partial charge < -0.3 is 5.43 Å². The van der Waals surface area contributed by atoms with Crippen LogP contribution >= 0.6 is 11.8 Å². The molecule has 0 fully saturated rings. The fraction of sp³-hybridized carbons (Fsp3) is 0.0909. The van der Waals surface area contributed by atoms with Crippen LogP contribution in [0.1, 0.15) is 5.56 Å². The van der Waals surface area contributed by atoms with E-state index < -0.39 is 0 Å². The minimum Gasteiger partial charge on any atom is -0.308 e. The van der Waals surface area contributed by atoms with E-state index >= 15 is 0 Å². The summed E-state index contributed by atoms with van der Waals surface area (Å²) in [5.41, 5.74) is 3.51. The molecule has 1 aromatic carbocycles. The van der Waals surface area contributed by atoms with E-state index in [2.05, 4.69) is 15.4 Å². The molecule has 0 aliphatic carbocycles. The van der Waals surface area contributed by atoms with Crippen LogP contribution in [0.25, 0.3) is 0 Å². The molecule has 3 N–H and O–H groups in total. The quantitative estimate of drug-likeness (QED) is 0.482. The standard InChI is InChI=1S/C11H12N4S/c1-8-10(15-12)13-7-14-11(8)16-9-5-3-2-4-6-9/h2-7H,12H2,1H3,(H,13,14,15). The van der Waals surface area contributed by atoms with Crippen molar-refractivity contribution in [3.63, 3.8) is 0 Å². The number of anilines is 1. The highest BCUT2D eigenvalue weighted by Gasteiger charge is 2.06. The molecule has 2 rings (SSSR count). The topological polar surface area (TPSA) is 63.8 Å². The van der Waals surface area contributed by atoms with Gasteiger partial charge in [-0.15, -0.1) is 0 Å². The summed E-state index contributed by atoms with van der Waals surface area (Å²) in [7, 11) is 0. The zero-order chi connectivity index (χ0) is 11.4. The van der Waals surface area contributed by atoms with Crippen LogP contribution in [0.5, 0.6) is 0 Å². The minimum absolute atomic E-state index is 0.661. The molecule has 16 heavy (non-hydrogen) atoms. The Bertz CT molecular complexity index is 473. The highest BCUT2D eigenvalue weighted by Crippen LogP contribution is 2.29. The fourth-order valence-corrected chi connectivity index (χ4v) is 2.15. The molecule has 0 radical (unpaired) electrons. The van der Waals surface area contributed by atoms with Crippen LogP contribution < -0.4 is 11.3 Å². The van der Waals surface area contributed by atoms with Gasteiger partial charge in [0.05, 0.1) is 0 Å². The van der Waals surface area contributed by atoms with Gasteiger partial charge in [-0.1, -0.05) is 30.0 Å². The SMILES string of the molecule is Cc1c(NN)ncnc1Sc1ccccc1. The highest BCUT2D eigenvalue weighted by molar-refractivity contribution is 7.99. The van der Waals surface area contributed by atoms with Crippen molar-refractivity contribution >= 4 is 17.6 Å². The number of nitrogens with two attached hydrogens (primary N) is 1. The predicted molar refractivity (Wildman–Crippen MR) is 65.1 cm³/mol. The number of nitrogens with zero attached hydrogens (tertiary/aromatic N) is 2. The van der Waals surface area contributed by atoms with Gasteiger partial charge in [-0.25, -0.2) is 15.8 Å². The largest absolute Gasteiger partial charge is 0.308 e. The second-order valence-electron chi connectivity index (χ2n) is 3.21. The number of nitrogens with one attached hydrogen (secondary N) is 1. The summed E-state index contributed by atoms with van der Waals surface area (Å²) >= 11 is 1.60. The first kappa shape index (κ1) is 10.9. The summed E-state index contributed by atoms with van der Waals surface area (Å²) in [5, 5.41) is 0.911. The lowest BCUT2D eigenvalue weighted by molar-refractivity contribution is 0.996. The molecule has 2 aromatic rings. The zero-order valence-corrected chi connectivity index (χ0v) is 9.66. The third kappa shape index (κ3) is 2.32. The molecule has 1 heterocycles. The van der Waals surface area contributed by atoms with Crippen molar-refractivity contribution in [2.45, 2.75) is 16.8 Å². The van der Waals surface area contributed by atoms with E-state index in [0.717, 1.165) is 15.5 Å². The second-order valence-corrected chi connectivity index (χ2v) is 4.27. The average molecular weight is 232 g/mol. The summed E-state index contributed by atoms with van der Waals surface area (Å²) < 4.78 is 0. The van der Waals surface area contributed by atoms with Crippen LogP contribution in [-0.4, -0.2) is 9.97 Å². The van der Waals surface area contributed by atoms with Crippen LogP contribution in [0.2, 0.25) is 0 Å². The maximum atomic E-state index is 5.36. The predicted octanol–water partition coefficient (Wildman–Crippen LogP) is 2.22. The highest BCUT2D eigenvalue weighted by atomic mass is 32.2. The molecule has 0 spiro atoms. The van der Waals surface area contributed by atoms with E-state index in [1.165, 1.54) is 6.33 Å². The van der Waals surface area contributed by atoms with Crippen molar-refractivity contribution in [2.75, 3.05) is 5.43 Å². The molecule has 5 heteroatoms. The van der Waals surface area contributed by atoms with E-state index in [1.54, 1.807) is 11.8 Å². The Hall–Kier alpha value is -1.59. The molecule has 4 nitrogen and oxygen atoms in total. The van der Waals surface area contributed by atoms with Gasteiger partial charge >= 0.3 is 0 Å². The lowest BCUT2D eigenvalue weighted by Gasteiger charge is -2.07. The molecule has 0 saturated carbocycles. The molecule has 0 aliphatic heterocycles. The van der Waals surface area contributed by atoms with Gasteiger partial charge in [0.1, 0.15) is 17.2 Å². The van der Waals surface area contributed by atoms with E-state index in [1.807, 2.05) is 37.3 Å². The third-order valence-corrected chi connectivity index (χ3v) is 3.25. The summed E-state index contributed by atoms with van der Waals surface area (Å²) in [5.74, 6) is 6.02. The van der Waals surface area contributed by atoms with Crippen LogP contribution in [0.4, 0.5) is 5.82 Å². The maximum Gasteiger partial charge on any atom is 0.147 e. The maximum absolute atomic E-state index is 5.36. The zero-order valence-electron chi connectivity index (χ0n) is 8.84. The summed E-state index contributed by atoms with van der Waals surface area (Å²) in [4.78, 5) is 9.42. The van der Waals surface area contributed by atoms with Gasteiger partial charge in [0.15, 0.2) is 0 Å². The third-order valence-electron chi connectivity index (χ3n) is 2.13. The minimum atomic E-state index is 0.661. The first-order valence-electron chi connectivity index (χ1n) is 4.82. The Kier molecular flexibility index (Phi) is 3.38. The van der Waals surface area contributed by atoms with Crippen molar-refractivity contribution in [1.82, 2.24) is 9.97 Å². The van der Waals surface area contributed by atoms with Crippen molar-refractivity contribution in [3.05, 3.63) is 42.2 Å². The molecule has 0 bridgehead atoms. The summed E-state index contributed by atoms with van der Waals surface area (Å²) in [6, 6.07) is 10.1. The lowest BCUT2D eigenvalue weighted by Crippen LogP contribution is -2.10. The number of nitrogen functional groups attached to an aromatic ring is 1. The summed E-state index contributed by atoms with van der Waals surface area (Å²) in [6.07, 6.45) is 1.51. The second kappa shape index (κ2) is 4.96. The van der Waals surface area contributed by atoms with E-state index in [0.29, 0.717) is 5.82 Å². The number of aromatic nitrogens is 2. The molecule has 0 unspecified atom stereocenters. The first-order valence-corrected chi connectivity index (χ1v) is 5.64. The first-order chi connectivity index (χ1) is 7.81. The van der Waals surface area contributed by atoms with Gasteiger partial charge in [-0.3, -0.25) is 0 Å². The van der Waals surface area contributed by atoms with Gasteiger partial charge in [0, 0.05) is 10.5 Å². The number of hydrogen-bond donors (Lipinski definition) is 2. The molecule has 0 aliphatic rings. The monoisotopic (exact) mass is 232 g/mol. The van der Waals surface area contributed by atoms with Crippen molar-refractivity contribution in [2.24, 2.45) is 5.84 Å². The molecule has 0 atom stereocenters. The molecule has 0 saturated heterocycles. The van der Waals surface area contributed by atoms with E-state index in [-0.39, 0.29) is 0 Å². The van der Waals surface area contributed by atoms with E-state index in [4.69, 9.17) is 5.84 Å². The van der Waals surface area contributed by atoms with Gasteiger partial charge in [-0.05, 0) is 19.1 Å². The van der Waals surface area contributed by atoms with Gasteiger partial charge in [-0.2, -0.15) is 0 Å². The Labute approximate surface area is 98.3 Å². The lowest BCUT2D eigenvalue weighted by atomic mass is 10.3.